The molecule has 1 aromatic heterocycles. The van der Waals surface area contributed by atoms with Gasteiger partial charge in [0.05, 0.1) is 30.3 Å². The molecule has 0 saturated carbocycles. The number of anilines is 2. The predicted octanol–water partition coefficient (Wildman–Crippen LogP) is 3.38. The molecule has 0 atom stereocenters. The zero-order valence-electron chi connectivity index (χ0n) is 18.0. The van der Waals surface area contributed by atoms with Crippen molar-refractivity contribution < 1.29 is 22.7 Å². The lowest BCUT2D eigenvalue weighted by Gasteiger charge is -2.14. The van der Waals surface area contributed by atoms with Crippen LogP contribution in [0, 0.1) is 18.8 Å². The van der Waals surface area contributed by atoms with E-state index in [9.17, 15) is 22.8 Å². The first kappa shape index (κ1) is 24.1. The number of hydrogen-bond donors (Lipinski definition) is 2. The summed E-state index contributed by atoms with van der Waals surface area (Å²) in [6.07, 6.45) is -3.41. The summed E-state index contributed by atoms with van der Waals surface area (Å²) in [5, 5.41) is 3.92. The molecule has 0 spiro atoms. The summed E-state index contributed by atoms with van der Waals surface area (Å²) in [6.45, 7) is 1.45. The summed E-state index contributed by atoms with van der Waals surface area (Å²) in [4.78, 5) is 28.9. The molecule has 8 nitrogen and oxygen atoms in total. The maximum absolute atomic E-state index is 13.2. The summed E-state index contributed by atoms with van der Waals surface area (Å²) in [6, 6.07) is 10.9. The van der Waals surface area contributed by atoms with Crippen molar-refractivity contribution in [3.63, 3.8) is 0 Å². The van der Waals surface area contributed by atoms with Gasteiger partial charge in [0.2, 0.25) is 5.69 Å². The Bertz CT molecular complexity index is 1370. The van der Waals surface area contributed by atoms with Gasteiger partial charge in [-0.3, -0.25) is 14.8 Å². The van der Waals surface area contributed by atoms with Crippen LogP contribution >= 0.6 is 0 Å². The maximum Gasteiger partial charge on any atom is 0.416 e. The van der Waals surface area contributed by atoms with Crippen molar-refractivity contribution in [1.29, 1.82) is 0 Å². The number of aromatic nitrogens is 2. The molecule has 0 aliphatic heterocycles. The molecule has 0 unspecified atom stereocenters. The molecule has 174 valence electrons. The van der Waals surface area contributed by atoms with E-state index in [0.29, 0.717) is 11.4 Å². The molecule has 0 amide bonds. The highest BCUT2D eigenvalue weighted by Crippen LogP contribution is 2.30. The van der Waals surface area contributed by atoms with E-state index in [0.717, 1.165) is 29.9 Å². The Labute approximate surface area is 191 Å². The smallest absolute Gasteiger partial charge is 0.416 e. The number of nitrogens with two attached hydrogens (primary N) is 1. The van der Waals surface area contributed by atoms with E-state index in [2.05, 4.69) is 32.1 Å². The number of benzene rings is 2. The quantitative estimate of drug-likeness (QED) is 0.199. The normalized spacial score (nSPS) is 11.1. The van der Waals surface area contributed by atoms with Crippen LogP contribution in [0.5, 0.6) is 0 Å². The van der Waals surface area contributed by atoms with Crippen LogP contribution < -0.4 is 16.7 Å². The number of ether oxygens (including phenoxy) is 1. The van der Waals surface area contributed by atoms with Gasteiger partial charge in [-0.1, -0.05) is 6.07 Å². The number of esters is 1. The van der Waals surface area contributed by atoms with Crippen LogP contribution in [0.25, 0.3) is 5.69 Å². The monoisotopic (exact) mass is 469 g/mol. The fraction of sp³-hybridized carbons (Fsp3) is 0.130. The first-order valence-electron chi connectivity index (χ1n) is 9.66. The summed E-state index contributed by atoms with van der Waals surface area (Å²) < 4.78 is 45.1. The molecule has 0 aliphatic carbocycles. The van der Waals surface area contributed by atoms with Crippen LogP contribution in [-0.2, 0) is 10.9 Å². The lowest BCUT2D eigenvalue weighted by molar-refractivity contribution is -0.137. The van der Waals surface area contributed by atoms with E-state index in [1.807, 2.05) is 0 Å². The third-order valence-corrected chi connectivity index (χ3v) is 4.54. The summed E-state index contributed by atoms with van der Waals surface area (Å²) in [5.41, 5.74) is 7.09. The lowest BCUT2D eigenvalue weighted by atomic mass is 10.1. The number of methoxy groups -OCH3 is 1. The summed E-state index contributed by atoms with van der Waals surface area (Å²) in [5.74, 6) is 4.20. The Morgan fingerprint density at radius 2 is 1.94 bits per heavy atom. The Morgan fingerprint density at radius 1 is 1.24 bits per heavy atom. The molecule has 2 aromatic carbocycles. The standard InChI is InChI=1S/C23H18F3N5O3/c1-14-19(7-4-12-28-30-17-10-8-16(27)9-11-17)29-20(22(33)34-2)21(32)31(14)18-6-3-5-15(13-18)23(24,25)26/h3,5-6,8-13,30H,27H2,1-2H3/b28-12+. The second-order valence-corrected chi connectivity index (χ2v) is 6.84. The highest BCUT2D eigenvalue weighted by atomic mass is 19.4. The predicted molar refractivity (Wildman–Crippen MR) is 121 cm³/mol. The molecule has 0 saturated heterocycles. The van der Waals surface area contributed by atoms with Crippen LogP contribution in [0.2, 0.25) is 0 Å². The number of carbonyl (C=O) groups is 1. The van der Waals surface area contributed by atoms with Gasteiger partial charge in [-0.25, -0.2) is 9.78 Å². The number of nitrogens with zero attached hydrogens (tertiary/aromatic N) is 3. The van der Waals surface area contributed by atoms with Crippen LogP contribution in [0.1, 0.15) is 27.4 Å². The van der Waals surface area contributed by atoms with Crippen molar-refractivity contribution in [2.75, 3.05) is 18.3 Å². The Morgan fingerprint density at radius 3 is 2.59 bits per heavy atom. The fourth-order valence-electron chi connectivity index (χ4n) is 2.88. The van der Waals surface area contributed by atoms with E-state index in [4.69, 9.17) is 5.73 Å². The minimum atomic E-state index is -4.62. The van der Waals surface area contributed by atoms with Crippen LogP contribution in [0.15, 0.2) is 58.4 Å². The summed E-state index contributed by atoms with van der Waals surface area (Å²) >= 11 is 0. The van der Waals surface area contributed by atoms with Gasteiger partial charge < -0.3 is 10.5 Å². The highest BCUT2D eigenvalue weighted by Gasteiger charge is 2.31. The van der Waals surface area contributed by atoms with Gasteiger partial charge in [-0.2, -0.15) is 18.3 Å². The molecule has 3 aromatic rings. The largest absolute Gasteiger partial charge is 0.464 e. The van der Waals surface area contributed by atoms with E-state index >= 15 is 0 Å². The fourth-order valence-corrected chi connectivity index (χ4v) is 2.88. The number of hydrogen-bond acceptors (Lipinski definition) is 7. The van der Waals surface area contributed by atoms with Crippen molar-refractivity contribution in [3.8, 4) is 17.5 Å². The average molecular weight is 469 g/mol. The maximum atomic E-state index is 13.2. The molecule has 0 fully saturated rings. The zero-order valence-corrected chi connectivity index (χ0v) is 18.0. The van der Waals surface area contributed by atoms with Crippen molar-refractivity contribution in [1.82, 2.24) is 9.55 Å². The second-order valence-electron chi connectivity index (χ2n) is 6.84. The number of alkyl halides is 3. The van der Waals surface area contributed by atoms with Crippen molar-refractivity contribution in [3.05, 3.63) is 81.5 Å². The number of carbonyl (C=O) groups excluding carboxylic acids is 1. The van der Waals surface area contributed by atoms with E-state index < -0.39 is 29.0 Å². The highest BCUT2D eigenvalue weighted by molar-refractivity contribution is 5.87. The Hall–Kier alpha value is -4.59. The van der Waals surface area contributed by atoms with E-state index in [1.165, 1.54) is 19.2 Å². The third-order valence-electron chi connectivity index (χ3n) is 4.54. The lowest BCUT2D eigenvalue weighted by Crippen LogP contribution is -2.30. The van der Waals surface area contributed by atoms with Gasteiger partial charge in [0.1, 0.15) is 5.69 Å². The molecule has 34 heavy (non-hydrogen) atoms. The minimum absolute atomic E-state index is 0.0173. The molecule has 0 radical (unpaired) electrons. The number of nitrogen functional groups attached to an aromatic ring is 1. The molecule has 1 heterocycles. The zero-order chi connectivity index (χ0) is 24.9. The van der Waals surface area contributed by atoms with Crippen LogP contribution in [0.4, 0.5) is 24.5 Å². The van der Waals surface area contributed by atoms with Gasteiger partial charge in [-0.15, -0.1) is 0 Å². The van der Waals surface area contributed by atoms with Crippen molar-refractivity contribution in [2.45, 2.75) is 13.1 Å². The average Bonchev–Trinajstić information content (AvgIpc) is 2.80. The minimum Gasteiger partial charge on any atom is -0.464 e. The van der Waals surface area contributed by atoms with E-state index in [1.54, 1.807) is 24.3 Å². The van der Waals surface area contributed by atoms with Crippen LogP contribution in [0.3, 0.4) is 0 Å². The Kier molecular flexibility index (Phi) is 7.01. The molecule has 3 rings (SSSR count). The number of halogens is 3. The van der Waals surface area contributed by atoms with Gasteiger partial charge in [0.15, 0.2) is 0 Å². The SMILES string of the molecule is COC(=O)c1nc(C#C/C=N/Nc2ccc(N)cc2)c(C)n(-c2cccc(C(F)(F)F)c2)c1=O. The van der Waals surface area contributed by atoms with Gasteiger partial charge >= 0.3 is 12.1 Å². The van der Waals surface area contributed by atoms with Crippen molar-refractivity contribution in [2.24, 2.45) is 5.10 Å². The molecular weight excluding hydrogens is 451 g/mol. The molecule has 0 bridgehead atoms. The van der Waals surface area contributed by atoms with Gasteiger partial charge in [-0.05, 0) is 61.2 Å². The third kappa shape index (κ3) is 5.42. The second kappa shape index (κ2) is 9.91. The number of rotatable bonds is 4. The number of nitrogens with one attached hydrogen (secondary N) is 1. The van der Waals surface area contributed by atoms with Crippen LogP contribution in [-0.4, -0.2) is 28.8 Å². The van der Waals surface area contributed by atoms with Gasteiger partial charge in [0, 0.05) is 11.4 Å². The van der Waals surface area contributed by atoms with E-state index in [-0.39, 0.29) is 17.1 Å². The topological polar surface area (TPSA) is 112 Å². The molecule has 3 N–H and O–H groups in total. The van der Waals surface area contributed by atoms with Gasteiger partial charge in [0.25, 0.3) is 5.56 Å². The molecule has 11 heteroatoms. The number of hydrazone groups is 1. The Balaban J connectivity index is 2.03. The first-order chi connectivity index (χ1) is 16.1. The molecule has 0 aliphatic rings. The summed E-state index contributed by atoms with van der Waals surface area (Å²) in [7, 11) is 1.05. The van der Waals surface area contributed by atoms with Crippen molar-refractivity contribution >= 4 is 23.6 Å². The molecular formula is C23H18F3N5O3. The first-order valence-corrected chi connectivity index (χ1v) is 9.66.